The molecule has 0 saturated carbocycles. The van der Waals surface area contributed by atoms with Gasteiger partial charge in [0.15, 0.2) is 11.5 Å². The van der Waals surface area contributed by atoms with Crippen molar-refractivity contribution in [2.24, 2.45) is 5.73 Å². The maximum atomic E-state index is 13.1. The number of H-pyrrole nitrogens is 1. The number of fused-ring (bicyclic) bond motifs is 1. The summed E-state index contributed by atoms with van der Waals surface area (Å²) < 4.78 is 10.7. The predicted molar refractivity (Wildman–Crippen MR) is 123 cm³/mol. The lowest BCUT2D eigenvalue weighted by Gasteiger charge is -2.19. The minimum Gasteiger partial charge on any atom is -0.493 e. The van der Waals surface area contributed by atoms with E-state index in [0.29, 0.717) is 17.1 Å². The lowest BCUT2D eigenvalue weighted by molar-refractivity contribution is 0.0939. The molecule has 0 bridgehead atoms. The Bertz CT molecular complexity index is 1200. The van der Waals surface area contributed by atoms with E-state index in [1.165, 1.54) is 11.3 Å². The minimum absolute atomic E-state index is 0.214. The smallest absolute Gasteiger partial charge is 0.254 e. The Hall–Kier alpha value is -3.56. The van der Waals surface area contributed by atoms with Crippen LogP contribution in [0, 0.1) is 0 Å². The Kier molecular flexibility index (Phi) is 6.06. The van der Waals surface area contributed by atoms with Gasteiger partial charge in [-0.15, -0.1) is 11.3 Å². The summed E-state index contributed by atoms with van der Waals surface area (Å²) in [5.41, 5.74) is 9.01. The van der Waals surface area contributed by atoms with Crippen molar-refractivity contribution < 1.29 is 14.3 Å². The number of anilines is 2. The molecule has 8 nitrogen and oxygen atoms in total. The van der Waals surface area contributed by atoms with E-state index in [1.54, 1.807) is 32.5 Å². The number of carbonyl (C=O) groups is 1. The third-order valence-corrected chi connectivity index (χ3v) is 5.80. The molecule has 4 rings (SSSR count). The van der Waals surface area contributed by atoms with Crippen molar-refractivity contribution in [1.82, 2.24) is 15.3 Å². The first-order valence-corrected chi connectivity index (χ1v) is 10.5. The number of carbonyl (C=O) groups excluding carboxylic acids is 1. The van der Waals surface area contributed by atoms with Crippen LogP contribution >= 0.6 is 11.3 Å². The molecular formula is C22H23N5O3S. The summed E-state index contributed by atoms with van der Waals surface area (Å²) in [5, 5.41) is 9.95. The predicted octanol–water partition coefficient (Wildman–Crippen LogP) is 3.82. The molecule has 0 aliphatic carbocycles. The third-order valence-electron chi connectivity index (χ3n) is 4.97. The quantitative estimate of drug-likeness (QED) is 0.333. The fourth-order valence-corrected chi connectivity index (χ4v) is 4.16. The van der Waals surface area contributed by atoms with Gasteiger partial charge in [0.05, 0.1) is 31.5 Å². The highest BCUT2D eigenvalue weighted by molar-refractivity contribution is 7.14. The summed E-state index contributed by atoms with van der Waals surface area (Å²) in [7, 11) is 3.15. The number of nitrogens with two attached hydrogens (primary N) is 1. The molecule has 1 aromatic carbocycles. The molecule has 4 aromatic rings. The Labute approximate surface area is 183 Å². The first kappa shape index (κ1) is 20.7. The molecular weight excluding hydrogens is 414 g/mol. The number of benzene rings is 1. The van der Waals surface area contributed by atoms with Crippen LogP contribution in [0.3, 0.4) is 0 Å². The zero-order valence-electron chi connectivity index (χ0n) is 17.1. The van der Waals surface area contributed by atoms with E-state index in [-0.39, 0.29) is 18.5 Å². The number of pyridine rings is 1. The van der Waals surface area contributed by atoms with Crippen LogP contribution in [0.15, 0.2) is 54.2 Å². The molecule has 0 saturated heterocycles. The second-order valence-corrected chi connectivity index (χ2v) is 7.68. The number of hydrogen-bond donors (Lipinski definition) is 4. The number of hydrogen-bond acceptors (Lipinski definition) is 7. The van der Waals surface area contributed by atoms with Gasteiger partial charge in [-0.2, -0.15) is 0 Å². The topological polar surface area (TPSA) is 114 Å². The van der Waals surface area contributed by atoms with Gasteiger partial charge in [-0.25, -0.2) is 4.98 Å². The van der Waals surface area contributed by atoms with Gasteiger partial charge < -0.3 is 30.8 Å². The van der Waals surface area contributed by atoms with E-state index < -0.39 is 0 Å². The van der Waals surface area contributed by atoms with Crippen molar-refractivity contribution >= 4 is 39.0 Å². The molecule has 0 fully saturated rings. The average molecular weight is 438 g/mol. The Morgan fingerprint density at radius 1 is 1.19 bits per heavy atom. The summed E-state index contributed by atoms with van der Waals surface area (Å²) in [5.74, 6) is 0.984. The largest absolute Gasteiger partial charge is 0.493 e. The zero-order valence-corrected chi connectivity index (χ0v) is 18.0. The molecule has 3 heterocycles. The minimum atomic E-state index is -0.377. The summed E-state index contributed by atoms with van der Waals surface area (Å²) in [6.45, 7) is 0.239. The van der Waals surface area contributed by atoms with Gasteiger partial charge in [0.25, 0.3) is 5.91 Å². The average Bonchev–Trinajstić information content (AvgIpc) is 3.47. The second-order valence-electron chi connectivity index (χ2n) is 6.76. The molecule has 5 N–H and O–H groups in total. The lowest BCUT2D eigenvalue weighted by Crippen LogP contribution is -2.33. The summed E-state index contributed by atoms with van der Waals surface area (Å²) in [4.78, 5) is 20.5. The van der Waals surface area contributed by atoms with Crippen LogP contribution in [0.5, 0.6) is 11.5 Å². The van der Waals surface area contributed by atoms with Gasteiger partial charge in [0.2, 0.25) is 0 Å². The van der Waals surface area contributed by atoms with Crippen LogP contribution in [0.2, 0.25) is 0 Å². The first-order valence-electron chi connectivity index (χ1n) is 9.64. The van der Waals surface area contributed by atoms with Crippen LogP contribution in [0.4, 0.5) is 10.7 Å². The standard InChI is InChI=1S/C22H23N5O3S/c1-29-18-4-3-13(11-19(18)30-2)17(12-23)26-21(28)15-7-10-31-22(15)27-16-6-9-25-20-14(16)5-8-24-20/h3-11,17H,12,23H2,1-2H3,(H,26,28)(H2,24,25,27). The molecule has 0 aliphatic rings. The number of thiophene rings is 1. The Morgan fingerprint density at radius 3 is 2.81 bits per heavy atom. The van der Waals surface area contributed by atoms with Gasteiger partial charge >= 0.3 is 0 Å². The van der Waals surface area contributed by atoms with Gasteiger partial charge in [-0.05, 0) is 41.3 Å². The van der Waals surface area contributed by atoms with Gasteiger partial charge in [-0.3, -0.25) is 4.79 Å². The van der Waals surface area contributed by atoms with E-state index in [1.807, 2.05) is 35.8 Å². The summed E-state index contributed by atoms with van der Waals surface area (Å²) >= 11 is 1.46. The number of aromatic amines is 1. The number of nitrogens with zero attached hydrogens (tertiary/aromatic N) is 1. The maximum absolute atomic E-state index is 13.1. The molecule has 160 valence electrons. The fraction of sp³-hybridized carbons (Fsp3) is 0.182. The van der Waals surface area contributed by atoms with Crippen LogP contribution < -0.4 is 25.8 Å². The van der Waals surface area contributed by atoms with Crippen LogP contribution in [-0.2, 0) is 0 Å². The van der Waals surface area contributed by atoms with Crippen molar-refractivity contribution in [2.45, 2.75) is 6.04 Å². The highest BCUT2D eigenvalue weighted by atomic mass is 32.1. The van der Waals surface area contributed by atoms with E-state index in [2.05, 4.69) is 20.6 Å². The van der Waals surface area contributed by atoms with E-state index in [9.17, 15) is 4.79 Å². The van der Waals surface area contributed by atoms with Crippen molar-refractivity contribution in [3.05, 3.63) is 65.3 Å². The van der Waals surface area contributed by atoms with Crippen molar-refractivity contribution in [2.75, 3.05) is 26.1 Å². The van der Waals surface area contributed by atoms with Crippen LogP contribution in [0.1, 0.15) is 22.0 Å². The van der Waals surface area contributed by atoms with Crippen LogP contribution in [-0.4, -0.2) is 36.6 Å². The maximum Gasteiger partial charge on any atom is 0.254 e. The molecule has 3 aromatic heterocycles. The van der Waals surface area contributed by atoms with E-state index in [4.69, 9.17) is 15.2 Å². The van der Waals surface area contributed by atoms with Gasteiger partial charge in [-0.1, -0.05) is 6.07 Å². The molecule has 0 aliphatic heterocycles. The Balaban J connectivity index is 1.55. The first-order chi connectivity index (χ1) is 15.1. The van der Waals surface area contributed by atoms with Crippen molar-refractivity contribution in [1.29, 1.82) is 0 Å². The van der Waals surface area contributed by atoms with E-state index in [0.717, 1.165) is 27.3 Å². The highest BCUT2D eigenvalue weighted by Gasteiger charge is 2.20. The molecule has 9 heteroatoms. The lowest BCUT2D eigenvalue weighted by atomic mass is 10.1. The van der Waals surface area contributed by atoms with Gasteiger partial charge in [0.1, 0.15) is 10.6 Å². The summed E-state index contributed by atoms with van der Waals surface area (Å²) in [6.07, 6.45) is 3.55. The number of rotatable bonds is 8. The number of nitrogens with one attached hydrogen (secondary N) is 3. The normalized spacial score (nSPS) is 11.8. The van der Waals surface area contributed by atoms with Crippen molar-refractivity contribution in [3.8, 4) is 11.5 Å². The van der Waals surface area contributed by atoms with E-state index >= 15 is 0 Å². The molecule has 1 unspecified atom stereocenters. The summed E-state index contributed by atoms with van der Waals surface area (Å²) in [6, 6.07) is 10.7. The molecule has 1 atom stereocenters. The zero-order chi connectivity index (χ0) is 21.8. The Morgan fingerprint density at radius 2 is 2.03 bits per heavy atom. The third kappa shape index (κ3) is 4.18. The number of aromatic nitrogens is 2. The molecule has 1 amide bonds. The molecule has 31 heavy (non-hydrogen) atoms. The fourth-order valence-electron chi connectivity index (χ4n) is 3.36. The molecule has 0 radical (unpaired) electrons. The number of ether oxygens (including phenoxy) is 2. The SMILES string of the molecule is COc1ccc(C(CN)NC(=O)c2ccsc2Nc2ccnc3[nH]ccc23)cc1OC. The van der Waals surface area contributed by atoms with Crippen LogP contribution in [0.25, 0.3) is 11.0 Å². The van der Waals surface area contributed by atoms with Gasteiger partial charge in [0, 0.05) is 24.3 Å². The second kappa shape index (κ2) is 9.07. The molecule has 0 spiro atoms. The highest BCUT2D eigenvalue weighted by Crippen LogP contribution is 2.32. The number of methoxy groups -OCH3 is 2. The monoisotopic (exact) mass is 437 g/mol. The number of amides is 1. The van der Waals surface area contributed by atoms with Crippen molar-refractivity contribution in [3.63, 3.8) is 0 Å².